The average molecular weight is 443 g/mol. The third-order valence-corrected chi connectivity index (χ3v) is 6.43. The predicted molar refractivity (Wildman–Crippen MR) is 124 cm³/mol. The monoisotopic (exact) mass is 442 g/mol. The molecular weight excluding hydrogens is 408 g/mol. The number of ether oxygens (including phenoxy) is 2. The quantitative estimate of drug-likeness (QED) is 0.449. The molecule has 1 aliphatic carbocycles. The fourth-order valence-corrected chi connectivity index (χ4v) is 4.44. The number of aliphatic imine (C=N–C) groups is 2. The predicted octanol–water partition coefficient (Wildman–Crippen LogP) is 2.48. The van der Waals surface area contributed by atoms with Crippen LogP contribution in [0, 0.1) is 5.92 Å². The van der Waals surface area contributed by atoms with E-state index in [0.29, 0.717) is 31.8 Å². The zero-order valence-corrected chi connectivity index (χ0v) is 19.1. The highest BCUT2D eigenvalue weighted by Crippen LogP contribution is 2.38. The van der Waals surface area contributed by atoms with Gasteiger partial charge in [-0.1, -0.05) is 6.92 Å². The van der Waals surface area contributed by atoms with Gasteiger partial charge >= 0.3 is 0 Å². The summed E-state index contributed by atoms with van der Waals surface area (Å²) < 4.78 is 12.4. The van der Waals surface area contributed by atoms with Gasteiger partial charge in [-0.15, -0.1) is 0 Å². The van der Waals surface area contributed by atoms with Gasteiger partial charge in [-0.05, 0) is 44.1 Å². The number of rotatable bonds is 7. The van der Waals surface area contributed by atoms with Gasteiger partial charge in [-0.2, -0.15) is 5.10 Å². The van der Waals surface area contributed by atoms with Gasteiger partial charge in [-0.25, -0.2) is 9.98 Å². The number of aliphatic hydroxyl groups is 1. The van der Waals surface area contributed by atoms with Crippen LogP contribution in [0.4, 0.5) is 0 Å². The standard InChI is InChI=1S/C23H34N6O3/c1-14-6-16(4-5-22(14)30)20-7-19(17-8-26-29(10-17)18-12-32-13-18)21(28-20)9-25-23(24)27-15(2)11-31-3/h7-10,14-16,18,22,28,30H,4-6,11-13H2,1-3H3,(H2,24,27)/t14-,15+,16-,22-/m1/s1. The number of aromatic amines is 1. The summed E-state index contributed by atoms with van der Waals surface area (Å²) in [6, 6.07) is 2.43. The molecule has 0 unspecified atom stereocenters. The fourth-order valence-electron chi connectivity index (χ4n) is 4.44. The molecule has 0 radical (unpaired) electrons. The third-order valence-electron chi connectivity index (χ3n) is 6.43. The number of aromatic nitrogens is 3. The Kier molecular flexibility index (Phi) is 7.07. The van der Waals surface area contributed by atoms with Gasteiger partial charge in [0.15, 0.2) is 0 Å². The van der Waals surface area contributed by atoms with Gasteiger partial charge in [0.05, 0.1) is 56.1 Å². The van der Waals surface area contributed by atoms with Crippen LogP contribution in [0.1, 0.15) is 56.5 Å². The highest BCUT2D eigenvalue weighted by atomic mass is 16.5. The van der Waals surface area contributed by atoms with E-state index in [2.05, 4.69) is 39.3 Å². The molecule has 2 aromatic heterocycles. The lowest BCUT2D eigenvalue weighted by Gasteiger charge is -2.30. The Morgan fingerprint density at radius 1 is 1.47 bits per heavy atom. The van der Waals surface area contributed by atoms with E-state index in [0.717, 1.165) is 41.8 Å². The minimum atomic E-state index is -0.213. The van der Waals surface area contributed by atoms with Crippen molar-refractivity contribution in [3.8, 4) is 11.1 Å². The first-order chi connectivity index (χ1) is 15.4. The largest absolute Gasteiger partial charge is 0.393 e. The van der Waals surface area contributed by atoms with Crippen molar-refractivity contribution in [3.05, 3.63) is 29.8 Å². The molecule has 0 aromatic carbocycles. The summed E-state index contributed by atoms with van der Waals surface area (Å²) in [5, 5.41) is 14.7. The zero-order chi connectivity index (χ0) is 22.7. The second-order valence-corrected chi connectivity index (χ2v) is 9.06. The zero-order valence-electron chi connectivity index (χ0n) is 19.1. The first-order valence-electron chi connectivity index (χ1n) is 11.3. The van der Waals surface area contributed by atoms with E-state index in [-0.39, 0.29) is 24.0 Å². The average Bonchev–Trinajstić information content (AvgIpc) is 3.34. The Hall–Kier alpha value is -2.49. The Morgan fingerprint density at radius 3 is 2.97 bits per heavy atom. The molecule has 32 heavy (non-hydrogen) atoms. The van der Waals surface area contributed by atoms with Crippen LogP contribution in [0.5, 0.6) is 0 Å². The van der Waals surface area contributed by atoms with E-state index in [9.17, 15) is 5.11 Å². The molecule has 2 aliphatic rings. The van der Waals surface area contributed by atoms with Gasteiger partial charge in [-0.3, -0.25) is 4.68 Å². The minimum absolute atomic E-state index is 0.0612. The summed E-state index contributed by atoms with van der Waals surface area (Å²) in [5.41, 5.74) is 10.1. The molecule has 0 amide bonds. The summed E-state index contributed by atoms with van der Waals surface area (Å²) in [6.07, 6.45) is 8.20. The molecule has 1 saturated carbocycles. The second-order valence-electron chi connectivity index (χ2n) is 9.06. The SMILES string of the molecule is COC[C@H](C)N=C(N)N=Cc1[nH]c([C@@H]2CC[C@@H](O)[C@H](C)C2)cc1-c1cnn(C2COC2)c1. The highest BCUT2D eigenvalue weighted by Gasteiger charge is 2.29. The lowest BCUT2D eigenvalue weighted by Crippen LogP contribution is -2.30. The second kappa shape index (κ2) is 9.97. The maximum atomic E-state index is 10.1. The lowest BCUT2D eigenvalue weighted by atomic mass is 9.79. The molecule has 174 valence electrons. The van der Waals surface area contributed by atoms with Crippen molar-refractivity contribution in [1.29, 1.82) is 0 Å². The van der Waals surface area contributed by atoms with Crippen molar-refractivity contribution in [1.82, 2.24) is 14.8 Å². The van der Waals surface area contributed by atoms with Crippen molar-refractivity contribution in [2.75, 3.05) is 26.9 Å². The topological polar surface area (TPSA) is 123 Å². The van der Waals surface area contributed by atoms with E-state index in [1.54, 1.807) is 13.3 Å². The van der Waals surface area contributed by atoms with Gasteiger partial charge < -0.3 is 25.3 Å². The minimum Gasteiger partial charge on any atom is -0.393 e. The van der Waals surface area contributed by atoms with Crippen molar-refractivity contribution in [2.24, 2.45) is 21.6 Å². The molecular formula is C23H34N6O3. The van der Waals surface area contributed by atoms with E-state index in [1.165, 1.54) is 0 Å². The Balaban J connectivity index is 1.61. The van der Waals surface area contributed by atoms with Crippen LogP contribution in [-0.4, -0.2) is 71.1 Å². The molecule has 4 rings (SSSR count). The van der Waals surface area contributed by atoms with Crippen LogP contribution >= 0.6 is 0 Å². The third kappa shape index (κ3) is 5.11. The first-order valence-corrected chi connectivity index (χ1v) is 11.3. The molecule has 9 nitrogen and oxygen atoms in total. The van der Waals surface area contributed by atoms with Crippen LogP contribution in [0.2, 0.25) is 0 Å². The number of nitrogens with two attached hydrogens (primary N) is 1. The smallest absolute Gasteiger partial charge is 0.215 e. The Bertz CT molecular complexity index is 961. The summed E-state index contributed by atoms with van der Waals surface area (Å²) >= 11 is 0. The Labute approximate surface area is 188 Å². The summed E-state index contributed by atoms with van der Waals surface area (Å²) in [5.74, 6) is 0.870. The van der Waals surface area contributed by atoms with Crippen molar-refractivity contribution in [3.63, 3.8) is 0 Å². The molecule has 1 aliphatic heterocycles. The summed E-state index contributed by atoms with van der Waals surface area (Å²) in [6.45, 7) is 5.93. The van der Waals surface area contributed by atoms with Crippen LogP contribution in [-0.2, 0) is 9.47 Å². The fraction of sp³-hybridized carbons (Fsp3) is 0.609. The van der Waals surface area contributed by atoms with Crippen LogP contribution < -0.4 is 5.73 Å². The molecule has 9 heteroatoms. The number of guanidine groups is 1. The highest BCUT2D eigenvalue weighted by molar-refractivity contribution is 5.96. The number of hydrogen-bond donors (Lipinski definition) is 3. The molecule has 2 fully saturated rings. The number of methoxy groups -OCH3 is 1. The van der Waals surface area contributed by atoms with Crippen molar-refractivity contribution < 1.29 is 14.6 Å². The number of nitrogens with zero attached hydrogens (tertiary/aromatic N) is 4. The van der Waals surface area contributed by atoms with E-state index in [1.807, 2.05) is 17.8 Å². The van der Waals surface area contributed by atoms with E-state index in [4.69, 9.17) is 15.2 Å². The van der Waals surface area contributed by atoms with E-state index >= 15 is 0 Å². The summed E-state index contributed by atoms with van der Waals surface area (Å²) in [4.78, 5) is 12.3. The van der Waals surface area contributed by atoms with Gasteiger partial charge in [0.2, 0.25) is 5.96 Å². The number of H-pyrrole nitrogens is 1. The van der Waals surface area contributed by atoms with Crippen molar-refractivity contribution >= 4 is 12.2 Å². The molecule has 1 saturated heterocycles. The lowest BCUT2D eigenvalue weighted by molar-refractivity contribution is -0.0286. The van der Waals surface area contributed by atoms with Crippen LogP contribution in [0.3, 0.4) is 0 Å². The summed E-state index contributed by atoms with van der Waals surface area (Å²) in [7, 11) is 1.64. The number of nitrogens with one attached hydrogen (secondary N) is 1. The molecule has 0 spiro atoms. The normalized spacial score (nSPS) is 25.9. The molecule has 2 aromatic rings. The first kappa shape index (κ1) is 22.7. The number of aliphatic hydroxyl groups excluding tert-OH is 1. The van der Waals surface area contributed by atoms with Crippen LogP contribution in [0.25, 0.3) is 11.1 Å². The number of hydrogen-bond acceptors (Lipinski definition) is 5. The maximum absolute atomic E-state index is 10.1. The van der Waals surface area contributed by atoms with Gasteiger partial charge in [0.1, 0.15) is 0 Å². The molecule has 3 heterocycles. The Morgan fingerprint density at radius 2 is 2.28 bits per heavy atom. The van der Waals surface area contributed by atoms with Gasteiger partial charge in [0, 0.05) is 30.1 Å². The van der Waals surface area contributed by atoms with Crippen molar-refractivity contribution in [2.45, 2.75) is 57.2 Å². The van der Waals surface area contributed by atoms with Gasteiger partial charge in [0.25, 0.3) is 0 Å². The molecule has 4 atom stereocenters. The van der Waals surface area contributed by atoms with Crippen LogP contribution in [0.15, 0.2) is 28.4 Å². The molecule has 0 bridgehead atoms. The molecule has 4 N–H and O–H groups in total. The maximum Gasteiger partial charge on any atom is 0.215 e. The van der Waals surface area contributed by atoms with E-state index < -0.39 is 0 Å².